The van der Waals surface area contributed by atoms with Gasteiger partial charge in [0, 0.05) is 11.4 Å². The van der Waals surface area contributed by atoms with Crippen molar-refractivity contribution < 1.29 is 0 Å². The van der Waals surface area contributed by atoms with Gasteiger partial charge in [-0.05, 0) is 57.3 Å². The second kappa shape index (κ2) is 7.35. The number of anilines is 2. The van der Waals surface area contributed by atoms with Crippen LogP contribution in [-0.4, -0.2) is 0 Å². The van der Waals surface area contributed by atoms with Crippen LogP contribution in [0.2, 0.25) is 0 Å². The second-order valence-corrected chi connectivity index (χ2v) is 6.48. The van der Waals surface area contributed by atoms with E-state index in [1.165, 1.54) is 21.9 Å². The lowest BCUT2D eigenvalue weighted by molar-refractivity contribution is 1.55. The van der Waals surface area contributed by atoms with E-state index in [-0.39, 0.29) is 0 Å². The minimum Gasteiger partial charge on any atom is -0.355 e. The number of fused-ring (bicyclic) bond motifs is 1. The Morgan fingerprint density at radius 1 is 0.630 bits per heavy atom. The third kappa shape index (κ3) is 3.40. The van der Waals surface area contributed by atoms with Crippen LogP contribution in [0.4, 0.5) is 11.4 Å². The Kier molecular flexibility index (Phi) is 4.59. The van der Waals surface area contributed by atoms with Crippen molar-refractivity contribution in [3.63, 3.8) is 0 Å². The fourth-order valence-corrected chi connectivity index (χ4v) is 3.43. The first-order valence-electron chi connectivity index (χ1n) is 9.02. The van der Waals surface area contributed by atoms with Gasteiger partial charge in [-0.2, -0.15) is 0 Å². The van der Waals surface area contributed by atoms with Crippen LogP contribution >= 0.6 is 0 Å². The van der Waals surface area contributed by atoms with Crippen LogP contribution in [0.3, 0.4) is 0 Å². The summed E-state index contributed by atoms with van der Waals surface area (Å²) in [5.74, 6) is 0. The molecular formula is C26H21N. The Morgan fingerprint density at radius 2 is 1.41 bits per heavy atom. The molecule has 0 unspecified atom stereocenters. The maximum Gasteiger partial charge on any atom is 0.0390 e. The van der Waals surface area contributed by atoms with E-state index in [2.05, 4.69) is 97.3 Å². The summed E-state index contributed by atoms with van der Waals surface area (Å²) in [6, 6.07) is 29.5. The summed E-state index contributed by atoms with van der Waals surface area (Å²) in [7, 11) is 0. The van der Waals surface area contributed by atoms with E-state index in [1.54, 1.807) is 0 Å². The van der Waals surface area contributed by atoms with E-state index in [1.807, 2.05) is 18.2 Å². The van der Waals surface area contributed by atoms with Gasteiger partial charge in [-0.25, -0.2) is 0 Å². The normalized spacial score (nSPS) is 10.5. The minimum atomic E-state index is 1.06. The zero-order chi connectivity index (χ0) is 18.6. The molecule has 4 aromatic rings. The van der Waals surface area contributed by atoms with Crippen molar-refractivity contribution >= 4 is 34.3 Å². The second-order valence-electron chi connectivity index (χ2n) is 6.48. The summed E-state index contributed by atoms with van der Waals surface area (Å²) in [5.41, 5.74) is 6.78. The van der Waals surface area contributed by atoms with Crippen LogP contribution in [0.15, 0.2) is 98.1 Å². The molecule has 0 aliphatic carbocycles. The lowest BCUT2D eigenvalue weighted by Gasteiger charge is -2.12. The largest absolute Gasteiger partial charge is 0.355 e. The zero-order valence-electron chi connectivity index (χ0n) is 15.2. The highest BCUT2D eigenvalue weighted by Crippen LogP contribution is 2.29. The molecule has 0 saturated carbocycles. The van der Waals surface area contributed by atoms with E-state index in [0.717, 1.165) is 22.5 Å². The number of benzene rings is 4. The van der Waals surface area contributed by atoms with E-state index >= 15 is 0 Å². The summed E-state index contributed by atoms with van der Waals surface area (Å²) in [6.07, 6.45) is 3.77. The molecular weight excluding hydrogens is 326 g/mol. The predicted molar refractivity (Wildman–Crippen MR) is 119 cm³/mol. The lowest BCUT2D eigenvalue weighted by atomic mass is 9.98. The Balaban J connectivity index is 1.68. The molecule has 0 heterocycles. The molecule has 0 fully saturated rings. The average molecular weight is 347 g/mol. The zero-order valence-corrected chi connectivity index (χ0v) is 15.2. The van der Waals surface area contributed by atoms with Crippen LogP contribution < -0.4 is 5.32 Å². The summed E-state index contributed by atoms with van der Waals surface area (Å²) in [6.45, 7) is 7.85. The minimum absolute atomic E-state index is 1.06. The molecule has 0 spiro atoms. The summed E-state index contributed by atoms with van der Waals surface area (Å²) >= 11 is 0. The van der Waals surface area contributed by atoms with Gasteiger partial charge in [0.1, 0.15) is 0 Å². The van der Waals surface area contributed by atoms with Crippen LogP contribution in [-0.2, 0) is 0 Å². The van der Waals surface area contributed by atoms with E-state index < -0.39 is 0 Å². The van der Waals surface area contributed by atoms with Gasteiger partial charge >= 0.3 is 0 Å². The predicted octanol–water partition coefficient (Wildman–Crippen LogP) is 7.54. The van der Waals surface area contributed by atoms with Crippen molar-refractivity contribution in [2.45, 2.75) is 0 Å². The monoisotopic (exact) mass is 347 g/mol. The molecule has 4 rings (SSSR count). The van der Waals surface area contributed by atoms with Crippen molar-refractivity contribution in [1.82, 2.24) is 0 Å². The third-order valence-electron chi connectivity index (χ3n) is 4.78. The van der Waals surface area contributed by atoms with Crippen molar-refractivity contribution in [2.75, 3.05) is 5.32 Å². The topological polar surface area (TPSA) is 12.0 Å². The van der Waals surface area contributed by atoms with Crippen LogP contribution in [0.5, 0.6) is 0 Å². The van der Waals surface area contributed by atoms with Crippen LogP contribution in [0, 0.1) is 0 Å². The standard InChI is InChI=1S/C26H21N/c1-3-19-13-14-22-18-24(15-16-26(22)25(19)4-2)27-23-12-8-11-21(17-23)20-9-6-5-7-10-20/h3-18,27H,1-2H2. The van der Waals surface area contributed by atoms with Crippen molar-refractivity contribution in [1.29, 1.82) is 0 Å². The summed E-state index contributed by atoms with van der Waals surface area (Å²) in [5, 5.41) is 5.89. The van der Waals surface area contributed by atoms with Crippen LogP contribution in [0.1, 0.15) is 11.1 Å². The van der Waals surface area contributed by atoms with Crippen molar-refractivity contribution in [2.24, 2.45) is 0 Å². The first-order chi connectivity index (χ1) is 13.3. The highest BCUT2D eigenvalue weighted by atomic mass is 14.9. The molecule has 0 amide bonds. The van der Waals surface area contributed by atoms with Crippen LogP contribution in [0.25, 0.3) is 34.1 Å². The number of hydrogen-bond acceptors (Lipinski definition) is 1. The molecule has 0 aliphatic rings. The molecule has 0 aliphatic heterocycles. The number of rotatable bonds is 5. The maximum absolute atomic E-state index is 3.95. The molecule has 4 aromatic carbocycles. The maximum atomic E-state index is 3.95. The Bertz CT molecular complexity index is 1120. The molecule has 1 heteroatoms. The highest BCUT2D eigenvalue weighted by molar-refractivity contribution is 5.96. The van der Waals surface area contributed by atoms with Gasteiger partial charge < -0.3 is 5.32 Å². The molecule has 0 bridgehead atoms. The Morgan fingerprint density at radius 3 is 2.19 bits per heavy atom. The molecule has 0 atom stereocenters. The summed E-state index contributed by atoms with van der Waals surface area (Å²) in [4.78, 5) is 0. The molecule has 1 N–H and O–H groups in total. The fourth-order valence-electron chi connectivity index (χ4n) is 3.43. The lowest BCUT2D eigenvalue weighted by Crippen LogP contribution is -1.92. The number of hydrogen-bond donors (Lipinski definition) is 1. The highest BCUT2D eigenvalue weighted by Gasteiger charge is 2.05. The summed E-state index contributed by atoms with van der Waals surface area (Å²) < 4.78 is 0. The van der Waals surface area contributed by atoms with Gasteiger partial charge in [0.25, 0.3) is 0 Å². The first-order valence-corrected chi connectivity index (χ1v) is 9.02. The van der Waals surface area contributed by atoms with Crippen molar-refractivity contribution in [3.8, 4) is 11.1 Å². The smallest absolute Gasteiger partial charge is 0.0390 e. The van der Waals surface area contributed by atoms with Gasteiger partial charge in [0.05, 0.1) is 0 Å². The van der Waals surface area contributed by atoms with Gasteiger partial charge in [-0.15, -0.1) is 0 Å². The average Bonchev–Trinajstić information content (AvgIpc) is 2.73. The van der Waals surface area contributed by atoms with Crippen molar-refractivity contribution in [3.05, 3.63) is 109 Å². The van der Waals surface area contributed by atoms with Gasteiger partial charge in [-0.1, -0.05) is 86.0 Å². The first kappa shape index (κ1) is 16.9. The Hall–Kier alpha value is -3.58. The fraction of sp³-hybridized carbons (Fsp3) is 0. The van der Waals surface area contributed by atoms with E-state index in [4.69, 9.17) is 0 Å². The molecule has 0 aromatic heterocycles. The SMILES string of the molecule is C=Cc1ccc2cc(Nc3cccc(-c4ccccc4)c3)ccc2c1C=C. The third-order valence-corrected chi connectivity index (χ3v) is 4.78. The molecule has 0 radical (unpaired) electrons. The van der Waals surface area contributed by atoms with Gasteiger partial charge in [0.15, 0.2) is 0 Å². The van der Waals surface area contributed by atoms with Gasteiger partial charge in [0.2, 0.25) is 0 Å². The molecule has 27 heavy (non-hydrogen) atoms. The van der Waals surface area contributed by atoms with Gasteiger partial charge in [-0.3, -0.25) is 0 Å². The number of nitrogens with one attached hydrogen (secondary N) is 1. The van der Waals surface area contributed by atoms with E-state index in [0.29, 0.717) is 0 Å². The quantitative estimate of drug-likeness (QED) is 0.393. The molecule has 130 valence electrons. The Labute approximate surface area is 160 Å². The van der Waals surface area contributed by atoms with E-state index in [9.17, 15) is 0 Å². The molecule has 1 nitrogen and oxygen atoms in total. The molecule has 0 saturated heterocycles.